The Balaban J connectivity index is 0.000000138. The number of hydrogen-bond donors (Lipinski definition) is 3. The maximum Gasteiger partial charge on any atom is 1.00 e. The van der Waals surface area contributed by atoms with Crippen LogP contribution in [-0.2, 0) is 71.5 Å². The van der Waals surface area contributed by atoms with Crippen molar-refractivity contribution in [1.29, 1.82) is 0 Å². The SMILES string of the molecule is C=C1CC(=O)OC(C)(C)O1.CC1(C)OC(=O)C(=c2ccc3c(c2)Sc2cc(N)ccc2N=3)C(=O)O1.CC1(C)OC(=O)C(=c2ccc3c(c2)Sc2cc([N+](=O)[O-])ccc2N=3)C(=O)O1.CN(C)c1ccc2c(c1)Sc1cc(=C3C(=O)OC(C)(C)OC3=O)ccc1=N2.O=N[O-].O=[N+]([O-])c1ccc2c(c1)Sc1ccccc1N2.[Na+].c1ccc2c(c1)Nc1ccccc1S2. The fourth-order valence-electron chi connectivity index (χ4n) is 12.6. The first kappa shape index (κ1) is 90.4. The van der Waals surface area contributed by atoms with Crippen LogP contribution in [0.3, 0.4) is 0 Å². The van der Waals surface area contributed by atoms with Crippen LogP contribution in [0, 0.1) is 30.3 Å². The summed E-state index contributed by atoms with van der Waals surface area (Å²) in [5, 5.41) is 40.8. The molecule has 0 atom stereocenters. The van der Waals surface area contributed by atoms with Gasteiger partial charge in [-0.05, 0) is 137 Å². The molecule has 0 aromatic heterocycles. The van der Waals surface area contributed by atoms with Gasteiger partial charge in [0.1, 0.15) is 12.2 Å². The van der Waals surface area contributed by atoms with E-state index in [0.29, 0.717) is 47.9 Å². The molecule has 37 heteroatoms. The van der Waals surface area contributed by atoms with Gasteiger partial charge in [-0.2, -0.15) is 0 Å². The van der Waals surface area contributed by atoms with Crippen molar-refractivity contribution in [3.63, 3.8) is 0 Å². The van der Waals surface area contributed by atoms with Crippen LogP contribution < -0.4 is 82.6 Å². The summed E-state index contributed by atoms with van der Waals surface area (Å²) in [4.78, 5) is 138. The minimum absolute atomic E-state index is 0. The molecule has 0 aliphatic carbocycles. The molecule has 0 amide bonds. The number of carbonyl (C=O) groups excluding carboxylic acids is 7. The average molecular weight is 1780 g/mol. The summed E-state index contributed by atoms with van der Waals surface area (Å²) in [6.07, 6.45) is 0.170. The van der Waals surface area contributed by atoms with Gasteiger partial charge in [-0.3, -0.25) is 25.0 Å². The summed E-state index contributed by atoms with van der Waals surface area (Å²) in [6.45, 7) is 15.9. The second kappa shape index (κ2) is 37.5. The van der Waals surface area contributed by atoms with Gasteiger partial charge in [-0.15, -0.1) is 5.34 Å². The summed E-state index contributed by atoms with van der Waals surface area (Å²) in [7, 11) is 3.97. The van der Waals surface area contributed by atoms with E-state index < -0.39 is 63.9 Å². The van der Waals surface area contributed by atoms with Gasteiger partial charge in [-0.25, -0.2) is 43.7 Å². The summed E-state index contributed by atoms with van der Waals surface area (Å²) in [5.74, 6) is -8.71. The molecule has 0 spiro atoms. The standard InChI is InChI=1S/C20H18N2O4S.C18H12N2O6S.C18H14N2O4S.C12H8N2O2S.C12H9NS.C7H10O3.HNO2.Na/c1-20(2)25-18(23)17(19(24)26-20)11-5-7-13-15(9-11)27-16-10-12(22(3)4)6-8-14(16)21-13;1-18(2)25-16(21)15(17(22)26-18)9-3-5-11-13(7-9)27-14-8-10(20(23)24)4-6-12(14)19-11;1-18(2)23-16(21)15(17(22)24-18)9-3-5-11-13(7-9)25-14-8-10(19)4-6-12(14)20-11;15-14(16)8-5-6-10-12(7-8)17-11-4-2-1-3-9(11)13-10;1-3-7-11-9(5-1)13-10-6-2-4-8-12(10)14-11;1-5-4-6(8)10-7(2,3)9-5;2-1-3;/h5-10H,1-4H3;3-8H,1-2H3;3-8H,19H2,1-2H3;1-7,13H;1-8,13H;1,4H2,2-3H3;(H,2,3);/q;;;;;;;+1/p-1. The molecule has 4 fully saturated rings. The summed E-state index contributed by atoms with van der Waals surface area (Å²) in [5.41, 5.74) is 14.0. The number of benzene rings is 10. The molecule has 0 saturated carbocycles. The molecule has 10 aromatic rings. The molecule has 19 rings (SSSR count). The van der Waals surface area contributed by atoms with E-state index in [2.05, 4.69) is 86.8 Å². The van der Waals surface area contributed by atoms with E-state index in [0.717, 1.165) is 73.9 Å². The second-order valence-corrected chi connectivity index (χ2v) is 34.6. The minimum atomic E-state index is -1.31. The first-order valence-electron chi connectivity index (χ1n) is 37.0. The number of nitro benzene ring substituents is 2. The fourth-order valence-corrected chi connectivity index (χ4v) is 17.7. The number of para-hydroxylation sites is 3. The number of carbonyl (C=O) groups is 7. The van der Waals surface area contributed by atoms with Gasteiger partial charge in [0.05, 0.1) is 65.7 Å². The zero-order valence-corrected chi connectivity index (χ0v) is 73.9. The largest absolute Gasteiger partial charge is 1.00 e. The fraction of sp³-hybridized carbons (Fsp3) is 0.172. The number of esters is 7. The Morgan fingerprint density at radius 3 is 1.09 bits per heavy atom. The summed E-state index contributed by atoms with van der Waals surface area (Å²) >= 11 is 7.69. The number of anilines is 6. The Labute approximate surface area is 749 Å². The Morgan fingerprint density at radius 2 is 0.718 bits per heavy atom. The molecule has 124 heavy (non-hydrogen) atoms. The van der Waals surface area contributed by atoms with Crippen LogP contribution in [0.15, 0.2) is 282 Å². The number of nitrogen functional groups attached to an aromatic ring is 1. The summed E-state index contributed by atoms with van der Waals surface area (Å²) < 4.78 is 40.9. The normalized spacial score (nSPS) is 16.2. The maximum absolute atomic E-state index is 12.3. The molecule has 31 nitrogen and oxygen atoms in total. The molecule has 9 heterocycles. The quantitative estimate of drug-likeness (QED) is 0.0281. The predicted octanol–water partition coefficient (Wildman–Crippen LogP) is 12.0. The molecule has 4 saturated heterocycles. The maximum atomic E-state index is 12.3. The first-order chi connectivity index (χ1) is 58.4. The van der Waals surface area contributed by atoms with Crippen LogP contribution in [0.5, 0.6) is 0 Å². The van der Waals surface area contributed by atoms with E-state index in [9.17, 15) is 53.8 Å². The number of fused-ring (bicyclic) bond motifs is 10. The Bertz CT molecular complexity index is 6400. The van der Waals surface area contributed by atoms with E-state index >= 15 is 0 Å². The number of nitrogens with two attached hydrogens (primary N) is 1. The molecule has 0 radical (unpaired) electrons. The topological polar surface area (TPSA) is 422 Å². The Morgan fingerprint density at radius 1 is 0.403 bits per heavy atom. The van der Waals surface area contributed by atoms with Crippen molar-refractivity contribution >= 4 is 180 Å². The van der Waals surface area contributed by atoms with Crippen molar-refractivity contribution in [2.45, 2.75) is 134 Å². The van der Waals surface area contributed by atoms with E-state index in [4.69, 9.17) is 53.7 Å². The predicted molar refractivity (Wildman–Crippen MR) is 458 cm³/mol. The van der Waals surface area contributed by atoms with Gasteiger partial charge in [0.15, 0.2) is 16.7 Å². The first-order valence-corrected chi connectivity index (χ1v) is 41.1. The van der Waals surface area contributed by atoms with Crippen molar-refractivity contribution in [2.24, 2.45) is 20.3 Å². The van der Waals surface area contributed by atoms with Gasteiger partial charge in [0.2, 0.25) is 5.79 Å². The van der Waals surface area contributed by atoms with Crippen molar-refractivity contribution < 1.29 is 111 Å². The van der Waals surface area contributed by atoms with Crippen LogP contribution in [0.2, 0.25) is 0 Å². The molecule has 0 bridgehead atoms. The third-order valence-electron chi connectivity index (χ3n) is 17.9. The molecule has 9 aliphatic heterocycles. The number of hydrogen-bond acceptors (Lipinski definition) is 34. The number of cyclic esters (lactones) is 7. The second-order valence-electron chi connectivity index (χ2n) is 29.2. The van der Waals surface area contributed by atoms with Gasteiger partial charge in [0, 0.05) is 154 Å². The third-order valence-corrected chi connectivity index (χ3v) is 23.5. The molecule has 0 unspecified atom stereocenters. The van der Waals surface area contributed by atoms with Crippen molar-refractivity contribution in [1.82, 2.24) is 0 Å². The number of ether oxygens (including phenoxy) is 8. The summed E-state index contributed by atoms with van der Waals surface area (Å²) in [6, 6.07) is 60.9. The zero-order valence-electron chi connectivity index (χ0n) is 67.8. The van der Waals surface area contributed by atoms with Gasteiger partial charge < -0.3 is 69.3 Å². The molecule has 4 N–H and O–H groups in total. The van der Waals surface area contributed by atoms with Gasteiger partial charge >= 0.3 is 71.3 Å². The average Bonchev–Trinajstić information content (AvgIpc) is 0.771. The zero-order chi connectivity index (χ0) is 88.1. The van der Waals surface area contributed by atoms with Gasteiger partial charge in [0.25, 0.3) is 28.7 Å². The van der Waals surface area contributed by atoms with Crippen LogP contribution >= 0.6 is 58.8 Å². The molecule has 9 aliphatic rings. The number of nitrogens with zero attached hydrogens (tertiary/aromatic N) is 7. The number of non-ortho nitro benzene ring substituents is 2. The van der Waals surface area contributed by atoms with Crippen molar-refractivity contribution in [3.05, 3.63) is 275 Å². The van der Waals surface area contributed by atoms with Crippen LogP contribution in [0.1, 0.15) is 61.8 Å². The van der Waals surface area contributed by atoms with Crippen molar-refractivity contribution in [2.75, 3.05) is 35.4 Å². The van der Waals surface area contributed by atoms with E-state index in [1.165, 1.54) is 104 Å². The monoisotopic (exact) mass is 1770 g/mol. The number of nitro groups is 2. The smallest absolute Gasteiger partial charge is 0.457 e. The van der Waals surface area contributed by atoms with Crippen LogP contribution in [0.4, 0.5) is 62.6 Å². The van der Waals surface area contributed by atoms with Crippen LogP contribution in [0.25, 0.3) is 16.7 Å². The molecular weight excluding hydrogens is 1700 g/mol. The Kier molecular flexibility index (Phi) is 27.3. The van der Waals surface area contributed by atoms with Crippen molar-refractivity contribution in [3.8, 4) is 0 Å². The molecule has 10 aromatic carbocycles. The van der Waals surface area contributed by atoms with E-state index in [-0.39, 0.29) is 75.0 Å². The molecule has 626 valence electrons. The van der Waals surface area contributed by atoms with E-state index in [1.54, 1.807) is 116 Å². The Hall–Kier alpha value is -12.8. The number of rotatable bonds is 3. The van der Waals surface area contributed by atoms with Gasteiger partial charge in [-0.1, -0.05) is 120 Å². The minimum Gasteiger partial charge on any atom is -0.457 e. The van der Waals surface area contributed by atoms with E-state index in [1.807, 2.05) is 79.3 Å². The third kappa shape index (κ3) is 21.6. The van der Waals surface area contributed by atoms with Crippen LogP contribution in [-0.4, -0.2) is 88.9 Å². The molecular formula is C87H71N10NaO21S5. The number of nitrogens with one attached hydrogen (secondary N) is 2.